The van der Waals surface area contributed by atoms with Crippen molar-refractivity contribution in [1.82, 2.24) is 4.90 Å². The van der Waals surface area contributed by atoms with Gasteiger partial charge in [-0.05, 0) is 49.7 Å². The highest BCUT2D eigenvalue weighted by Crippen LogP contribution is 2.31. The maximum absolute atomic E-state index is 12.5. The van der Waals surface area contributed by atoms with E-state index < -0.39 is 11.4 Å². The lowest BCUT2D eigenvalue weighted by atomic mass is 9.90. The third-order valence-corrected chi connectivity index (χ3v) is 4.36. The Morgan fingerprint density at radius 2 is 1.67 bits per heavy atom. The first kappa shape index (κ1) is 16.1. The lowest BCUT2D eigenvalue weighted by Crippen LogP contribution is -2.34. The molecule has 0 saturated carbocycles. The first-order chi connectivity index (χ1) is 11.5. The van der Waals surface area contributed by atoms with Crippen LogP contribution in [0.2, 0.25) is 0 Å². The molecule has 0 bridgehead atoms. The second-order valence-corrected chi connectivity index (χ2v) is 6.28. The number of carbonyl (C=O) groups is 2. The lowest BCUT2D eigenvalue weighted by Gasteiger charge is -2.20. The van der Waals surface area contributed by atoms with Crippen molar-refractivity contribution in [1.29, 1.82) is 0 Å². The smallest absolute Gasteiger partial charge is 0.311 e. The molecule has 2 aromatic rings. The molecule has 0 aliphatic carbocycles. The van der Waals surface area contributed by atoms with Crippen LogP contribution in [0.25, 0.3) is 0 Å². The molecule has 2 aromatic carbocycles. The molecular weight excluding hydrogens is 306 g/mol. The highest BCUT2D eigenvalue weighted by molar-refractivity contribution is 5.95. The van der Waals surface area contributed by atoms with Gasteiger partial charge in [-0.3, -0.25) is 9.59 Å². The van der Waals surface area contributed by atoms with Crippen LogP contribution >= 0.6 is 0 Å². The molecule has 0 radical (unpaired) electrons. The van der Waals surface area contributed by atoms with Crippen molar-refractivity contribution in [2.24, 2.45) is 5.41 Å². The molecule has 1 fully saturated rings. The SMILES string of the molecule is CC1(C(=O)O)CCN(C(=O)c2ccc(Oc3ccccc3)cc2)C1. The molecule has 124 valence electrons. The molecule has 0 aromatic heterocycles. The third kappa shape index (κ3) is 3.25. The minimum absolute atomic E-state index is 0.147. The van der Waals surface area contributed by atoms with E-state index >= 15 is 0 Å². The highest BCUT2D eigenvalue weighted by atomic mass is 16.5. The van der Waals surface area contributed by atoms with Crippen LogP contribution in [0.3, 0.4) is 0 Å². The van der Waals surface area contributed by atoms with Gasteiger partial charge in [-0.1, -0.05) is 18.2 Å². The maximum Gasteiger partial charge on any atom is 0.311 e. The second-order valence-electron chi connectivity index (χ2n) is 6.28. The summed E-state index contributed by atoms with van der Waals surface area (Å²) in [6.45, 7) is 2.38. The van der Waals surface area contributed by atoms with Gasteiger partial charge in [-0.2, -0.15) is 0 Å². The molecule has 1 saturated heterocycles. The molecule has 1 N–H and O–H groups in total. The molecule has 1 aliphatic rings. The van der Waals surface area contributed by atoms with Gasteiger partial charge in [0, 0.05) is 18.7 Å². The average molecular weight is 325 g/mol. The fraction of sp³-hybridized carbons (Fsp3) is 0.263. The topological polar surface area (TPSA) is 66.8 Å². The van der Waals surface area contributed by atoms with Crippen LogP contribution in [0.4, 0.5) is 0 Å². The number of para-hydroxylation sites is 1. The van der Waals surface area contributed by atoms with E-state index in [9.17, 15) is 14.7 Å². The minimum Gasteiger partial charge on any atom is -0.481 e. The van der Waals surface area contributed by atoms with Gasteiger partial charge in [-0.25, -0.2) is 0 Å². The van der Waals surface area contributed by atoms with Crippen molar-refractivity contribution < 1.29 is 19.4 Å². The van der Waals surface area contributed by atoms with Crippen LogP contribution in [0.5, 0.6) is 11.5 Å². The van der Waals surface area contributed by atoms with Gasteiger partial charge in [0.05, 0.1) is 5.41 Å². The normalized spacial score (nSPS) is 20.0. The zero-order valence-corrected chi connectivity index (χ0v) is 13.4. The second kappa shape index (κ2) is 6.35. The summed E-state index contributed by atoms with van der Waals surface area (Å²) in [4.78, 5) is 25.4. The molecular formula is C19H19NO4. The van der Waals surface area contributed by atoms with Crippen molar-refractivity contribution >= 4 is 11.9 Å². The number of likely N-dealkylation sites (tertiary alicyclic amines) is 1. The predicted molar refractivity (Wildman–Crippen MR) is 89.2 cm³/mol. The van der Waals surface area contributed by atoms with Gasteiger partial charge < -0.3 is 14.7 Å². The standard InChI is InChI=1S/C19H19NO4/c1-19(18(22)23)11-12-20(13-19)17(21)14-7-9-16(10-8-14)24-15-5-3-2-4-6-15/h2-10H,11-13H2,1H3,(H,22,23). The zero-order chi connectivity index (χ0) is 17.2. The molecule has 1 amide bonds. The Labute approximate surface area is 140 Å². The molecule has 1 aliphatic heterocycles. The Balaban J connectivity index is 1.67. The number of hydrogen-bond acceptors (Lipinski definition) is 3. The third-order valence-electron chi connectivity index (χ3n) is 4.36. The van der Waals surface area contributed by atoms with Crippen LogP contribution in [-0.4, -0.2) is 35.0 Å². The molecule has 3 rings (SSSR count). The largest absolute Gasteiger partial charge is 0.481 e. The molecule has 24 heavy (non-hydrogen) atoms. The van der Waals surface area contributed by atoms with Crippen LogP contribution in [0.15, 0.2) is 54.6 Å². The summed E-state index contributed by atoms with van der Waals surface area (Å²) < 4.78 is 5.70. The highest BCUT2D eigenvalue weighted by Gasteiger charge is 2.42. The molecule has 1 atom stereocenters. The number of aliphatic carboxylic acids is 1. The van der Waals surface area contributed by atoms with Gasteiger partial charge in [0.2, 0.25) is 0 Å². The summed E-state index contributed by atoms with van der Waals surface area (Å²) in [6, 6.07) is 16.3. The van der Waals surface area contributed by atoms with Crippen LogP contribution in [-0.2, 0) is 4.79 Å². The number of nitrogens with zero attached hydrogens (tertiary/aromatic N) is 1. The summed E-state index contributed by atoms with van der Waals surface area (Å²) in [7, 11) is 0. The van der Waals surface area contributed by atoms with Gasteiger partial charge in [0.15, 0.2) is 0 Å². The number of benzene rings is 2. The van der Waals surface area contributed by atoms with Crippen molar-refractivity contribution in [3.63, 3.8) is 0 Å². The van der Waals surface area contributed by atoms with Gasteiger partial charge in [-0.15, -0.1) is 0 Å². The van der Waals surface area contributed by atoms with E-state index in [4.69, 9.17) is 4.74 Å². The Morgan fingerprint density at radius 1 is 1.04 bits per heavy atom. The Kier molecular flexibility index (Phi) is 4.25. The maximum atomic E-state index is 12.5. The zero-order valence-electron chi connectivity index (χ0n) is 13.4. The van der Waals surface area contributed by atoms with Crippen molar-refractivity contribution in [3.8, 4) is 11.5 Å². The van der Waals surface area contributed by atoms with Crippen molar-refractivity contribution in [2.45, 2.75) is 13.3 Å². The van der Waals surface area contributed by atoms with E-state index in [-0.39, 0.29) is 12.5 Å². The quantitative estimate of drug-likeness (QED) is 0.935. The monoisotopic (exact) mass is 325 g/mol. The summed E-state index contributed by atoms with van der Waals surface area (Å²) in [5.74, 6) is 0.374. The van der Waals surface area contributed by atoms with Crippen LogP contribution in [0.1, 0.15) is 23.7 Å². The lowest BCUT2D eigenvalue weighted by molar-refractivity contribution is -0.147. The average Bonchev–Trinajstić information content (AvgIpc) is 3.00. The van der Waals surface area contributed by atoms with Crippen molar-refractivity contribution in [2.75, 3.05) is 13.1 Å². The van der Waals surface area contributed by atoms with E-state index in [2.05, 4.69) is 0 Å². The first-order valence-corrected chi connectivity index (χ1v) is 7.84. The Hall–Kier alpha value is -2.82. The van der Waals surface area contributed by atoms with Gasteiger partial charge >= 0.3 is 5.97 Å². The number of hydrogen-bond donors (Lipinski definition) is 1. The molecule has 5 nitrogen and oxygen atoms in total. The molecule has 1 heterocycles. The number of amides is 1. The van der Waals surface area contributed by atoms with Crippen LogP contribution in [0, 0.1) is 5.41 Å². The number of ether oxygens (including phenoxy) is 1. The summed E-state index contributed by atoms with van der Waals surface area (Å²) in [6.07, 6.45) is 0.475. The number of carboxylic acid groups (broad SMARTS) is 1. The van der Waals surface area contributed by atoms with E-state index in [1.54, 1.807) is 36.1 Å². The number of rotatable bonds is 4. The fourth-order valence-electron chi connectivity index (χ4n) is 2.78. The van der Waals surface area contributed by atoms with Gasteiger partial charge in [0.1, 0.15) is 11.5 Å². The number of carbonyl (C=O) groups excluding carboxylic acids is 1. The molecule has 1 unspecified atom stereocenters. The molecule has 0 spiro atoms. The fourth-order valence-corrected chi connectivity index (χ4v) is 2.78. The first-order valence-electron chi connectivity index (χ1n) is 7.84. The Bertz CT molecular complexity index is 742. The summed E-state index contributed by atoms with van der Waals surface area (Å²) in [5.41, 5.74) is -0.323. The van der Waals surface area contributed by atoms with Gasteiger partial charge in [0.25, 0.3) is 5.91 Å². The van der Waals surface area contributed by atoms with E-state index in [0.717, 1.165) is 5.75 Å². The summed E-state index contributed by atoms with van der Waals surface area (Å²) in [5, 5.41) is 9.26. The number of carboxylic acids is 1. The predicted octanol–water partition coefficient (Wildman–Crippen LogP) is 3.42. The van der Waals surface area contributed by atoms with E-state index in [1.807, 2.05) is 30.3 Å². The van der Waals surface area contributed by atoms with Crippen molar-refractivity contribution in [3.05, 3.63) is 60.2 Å². The Morgan fingerprint density at radius 3 is 2.25 bits per heavy atom. The van der Waals surface area contributed by atoms with E-state index in [0.29, 0.717) is 24.3 Å². The van der Waals surface area contributed by atoms with Crippen LogP contribution < -0.4 is 4.74 Å². The molecule has 5 heteroatoms. The minimum atomic E-state index is -0.857. The van der Waals surface area contributed by atoms with E-state index in [1.165, 1.54) is 0 Å². The summed E-state index contributed by atoms with van der Waals surface area (Å²) >= 11 is 0.